The van der Waals surface area contributed by atoms with Gasteiger partial charge in [-0.15, -0.1) is 11.3 Å². The van der Waals surface area contributed by atoms with Crippen molar-refractivity contribution in [2.45, 2.75) is 33.2 Å². The lowest BCUT2D eigenvalue weighted by Crippen LogP contribution is -2.33. The van der Waals surface area contributed by atoms with E-state index in [9.17, 15) is 4.79 Å². The maximum atomic E-state index is 11.1. The second kappa shape index (κ2) is 6.00. The molecule has 0 aromatic carbocycles. The molecule has 0 aliphatic heterocycles. The number of esters is 1. The fourth-order valence-electron chi connectivity index (χ4n) is 1.38. The Hall–Kier alpha value is -1.10. The number of hydrogen-bond acceptors (Lipinski definition) is 5. The number of methoxy groups -OCH3 is 1. The zero-order valence-electron chi connectivity index (χ0n) is 11.1. The summed E-state index contributed by atoms with van der Waals surface area (Å²) in [5.74, 6) is 0.314. The SMILES string of the molecule is COC(=O)Cc1csc(N(C)C(C)C(C)C)n1. The molecule has 1 aromatic rings. The first-order valence-electron chi connectivity index (χ1n) is 5.69. The zero-order chi connectivity index (χ0) is 13.0. The maximum absolute atomic E-state index is 11.1. The summed E-state index contributed by atoms with van der Waals surface area (Å²) in [5.41, 5.74) is 0.777. The van der Waals surface area contributed by atoms with E-state index in [1.807, 2.05) is 12.4 Å². The number of hydrogen-bond donors (Lipinski definition) is 0. The molecule has 0 saturated heterocycles. The van der Waals surface area contributed by atoms with Crippen molar-refractivity contribution in [1.29, 1.82) is 0 Å². The van der Waals surface area contributed by atoms with E-state index in [2.05, 4.69) is 35.4 Å². The van der Waals surface area contributed by atoms with E-state index >= 15 is 0 Å². The van der Waals surface area contributed by atoms with Gasteiger partial charge in [0.15, 0.2) is 5.13 Å². The molecule has 1 aromatic heterocycles. The Balaban J connectivity index is 2.70. The molecule has 0 aliphatic rings. The van der Waals surface area contributed by atoms with Gasteiger partial charge in [0.05, 0.1) is 19.2 Å². The minimum Gasteiger partial charge on any atom is -0.469 e. The molecule has 4 nitrogen and oxygen atoms in total. The Kier molecular flexibility index (Phi) is 4.93. The van der Waals surface area contributed by atoms with Crippen molar-refractivity contribution in [3.63, 3.8) is 0 Å². The van der Waals surface area contributed by atoms with Crippen molar-refractivity contribution in [3.8, 4) is 0 Å². The first kappa shape index (κ1) is 14.0. The molecule has 17 heavy (non-hydrogen) atoms. The molecular formula is C12H20N2O2S. The van der Waals surface area contributed by atoms with Crippen LogP contribution < -0.4 is 4.90 Å². The van der Waals surface area contributed by atoms with Gasteiger partial charge in [-0.3, -0.25) is 4.79 Å². The number of aromatic nitrogens is 1. The molecule has 0 amide bonds. The summed E-state index contributed by atoms with van der Waals surface area (Å²) in [7, 11) is 3.42. The smallest absolute Gasteiger partial charge is 0.311 e. The third-order valence-electron chi connectivity index (χ3n) is 2.97. The largest absolute Gasteiger partial charge is 0.469 e. The van der Waals surface area contributed by atoms with Crippen molar-refractivity contribution in [1.82, 2.24) is 4.98 Å². The fraction of sp³-hybridized carbons (Fsp3) is 0.667. The number of carbonyl (C=O) groups is 1. The quantitative estimate of drug-likeness (QED) is 0.758. The van der Waals surface area contributed by atoms with Crippen LogP contribution in [0.3, 0.4) is 0 Å². The van der Waals surface area contributed by atoms with E-state index in [1.54, 1.807) is 11.3 Å². The highest BCUT2D eigenvalue weighted by Crippen LogP contribution is 2.23. The second-order valence-corrected chi connectivity index (χ2v) is 5.31. The van der Waals surface area contributed by atoms with Crippen molar-refractivity contribution in [2.24, 2.45) is 5.92 Å². The number of ether oxygens (including phenoxy) is 1. The Bertz CT molecular complexity index is 376. The van der Waals surface area contributed by atoms with Gasteiger partial charge in [-0.2, -0.15) is 0 Å². The second-order valence-electron chi connectivity index (χ2n) is 4.47. The van der Waals surface area contributed by atoms with Crippen LogP contribution in [0.1, 0.15) is 26.5 Å². The monoisotopic (exact) mass is 256 g/mol. The van der Waals surface area contributed by atoms with Gasteiger partial charge >= 0.3 is 5.97 Å². The highest BCUT2D eigenvalue weighted by Gasteiger charge is 2.17. The van der Waals surface area contributed by atoms with Crippen LogP contribution in [0, 0.1) is 5.92 Å². The first-order chi connectivity index (χ1) is 7.95. The van der Waals surface area contributed by atoms with Gasteiger partial charge in [-0.05, 0) is 12.8 Å². The summed E-state index contributed by atoms with van der Waals surface area (Å²) in [6.45, 7) is 6.54. The standard InChI is InChI=1S/C12H20N2O2S/c1-8(2)9(3)14(4)12-13-10(7-17-12)6-11(15)16-5/h7-9H,6H2,1-5H3. The molecule has 96 valence electrons. The topological polar surface area (TPSA) is 42.4 Å². The van der Waals surface area contributed by atoms with Gasteiger partial charge < -0.3 is 9.64 Å². The molecule has 0 N–H and O–H groups in total. The Labute approximate surface area is 107 Å². The molecule has 0 aliphatic carbocycles. The van der Waals surface area contributed by atoms with Gasteiger partial charge in [0.25, 0.3) is 0 Å². The summed E-state index contributed by atoms with van der Waals surface area (Å²) < 4.78 is 4.62. The lowest BCUT2D eigenvalue weighted by molar-refractivity contribution is -0.139. The van der Waals surface area contributed by atoms with E-state index in [0.717, 1.165) is 10.8 Å². The highest BCUT2D eigenvalue weighted by atomic mass is 32.1. The molecule has 0 spiro atoms. The van der Waals surface area contributed by atoms with Crippen LogP contribution in [0.25, 0.3) is 0 Å². The summed E-state index contributed by atoms with van der Waals surface area (Å²) in [4.78, 5) is 17.7. The van der Waals surface area contributed by atoms with E-state index in [1.165, 1.54) is 7.11 Å². The summed E-state index contributed by atoms with van der Waals surface area (Å²) >= 11 is 1.56. The summed E-state index contributed by atoms with van der Waals surface area (Å²) in [5, 5.41) is 2.86. The first-order valence-corrected chi connectivity index (χ1v) is 6.57. The summed E-state index contributed by atoms with van der Waals surface area (Å²) in [6, 6.07) is 0.423. The van der Waals surface area contributed by atoms with E-state index < -0.39 is 0 Å². The van der Waals surface area contributed by atoms with Crippen molar-refractivity contribution in [2.75, 3.05) is 19.1 Å². The molecule has 0 fully saturated rings. The van der Waals surface area contributed by atoms with Crippen LogP contribution in [0.2, 0.25) is 0 Å². The van der Waals surface area contributed by atoms with Crippen molar-refractivity contribution < 1.29 is 9.53 Å². The third-order valence-corrected chi connectivity index (χ3v) is 3.95. The lowest BCUT2D eigenvalue weighted by atomic mass is 10.1. The van der Waals surface area contributed by atoms with Crippen molar-refractivity contribution in [3.05, 3.63) is 11.1 Å². The minimum atomic E-state index is -0.249. The number of thiazole rings is 1. The molecule has 5 heteroatoms. The number of nitrogens with zero attached hydrogens (tertiary/aromatic N) is 2. The molecule has 1 unspecified atom stereocenters. The van der Waals surface area contributed by atoms with Crippen LogP contribution in [0.4, 0.5) is 5.13 Å². The lowest BCUT2D eigenvalue weighted by Gasteiger charge is -2.27. The number of anilines is 1. The Morgan fingerprint density at radius 2 is 2.18 bits per heavy atom. The van der Waals surface area contributed by atoms with Crippen molar-refractivity contribution >= 4 is 22.4 Å². The highest BCUT2D eigenvalue weighted by molar-refractivity contribution is 7.13. The third kappa shape index (κ3) is 3.70. The number of rotatable bonds is 5. The van der Waals surface area contributed by atoms with Crippen LogP contribution in [-0.4, -0.2) is 31.2 Å². The van der Waals surface area contributed by atoms with Gasteiger partial charge in [0.1, 0.15) is 0 Å². The van der Waals surface area contributed by atoms with E-state index in [-0.39, 0.29) is 12.4 Å². The maximum Gasteiger partial charge on any atom is 0.311 e. The van der Waals surface area contributed by atoms with E-state index in [4.69, 9.17) is 0 Å². The van der Waals surface area contributed by atoms with Crippen LogP contribution in [0.15, 0.2) is 5.38 Å². The molecule has 0 bridgehead atoms. The average Bonchev–Trinajstić information content (AvgIpc) is 2.75. The molecular weight excluding hydrogens is 236 g/mol. The zero-order valence-corrected chi connectivity index (χ0v) is 11.9. The minimum absolute atomic E-state index is 0.247. The van der Waals surface area contributed by atoms with Crippen LogP contribution in [0.5, 0.6) is 0 Å². The summed E-state index contributed by atoms with van der Waals surface area (Å²) in [6.07, 6.45) is 0.247. The Morgan fingerprint density at radius 3 is 2.71 bits per heavy atom. The van der Waals surface area contributed by atoms with E-state index in [0.29, 0.717) is 12.0 Å². The average molecular weight is 256 g/mol. The molecule has 0 radical (unpaired) electrons. The van der Waals surface area contributed by atoms with Gasteiger partial charge in [0.2, 0.25) is 0 Å². The predicted molar refractivity (Wildman–Crippen MR) is 70.5 cm³/mol. The molecule has 0 saturated carbocycles. The normalized spacial score (nSPS) is 12.6. The van der Waals surface area contributed by atoms with Crippen LogP contribution >= 0.6 is 11.3 Å². The molecule has 1 rings (SSSR count). The Morgan fingerprint density at radius 1 is 1.53 bits per heavy atom. The van der Waals surface area contributed by atoms with Gasteiger partial charge in [0, 0.05) is 18.5 Å². The molecule has 1 heterocycles. The number of carbonyl (C=O) groups excluding carboxylic acids is 1. The molecule has 1 atom stereocenters. The van der Waals surface area contributed by atoms with Gasteiger partial charge in [-0.25, -0.2) is 4.98 Å². The fourth-order valence-corrected chi connectivity index (χ4v) is 2.26. The van der Waals surface area contributed by atoms with Gasteiger partial charge in [-0.1, -0.05) is 13.8 Å². The van der Waals surface area contributed by atoms with Crippen LogP contribution in [-0.2, 0) is 16.0 Å². The predicted octanol–water partition coefficient (Wildman–Crippen LogP) is 2.34.